The number of H-pyrrole nitrogens is 1. The Morgan fingerprint density at radius 1 is 1.20 bits per heavy atom. The molecule has 0 radical (unpaired) electrons. The Hall–Kier alpha value is -1.94. The molecular weight excluding hydrogens is 271 g/mol. The van der Waals surface area contributed by atoms with Crippen LogP contribution >= 0.6 is 12.2 Å². The highest BCUT2D eigenvalue weighted by Crippen LogP contribution is 2.25. The molecule has 2 aromatic carbocycles. The topological polar surface area (TPSA) is 20.7 Å². The lowest BCUT2D eigenvalue weighted by molar-refractivity contribution is 0.600. The molecule has 1 N–H and O–H groups in total. The van der Waals surface area contributed by atoms with Gasteiger partial charge in [0, 0.05) is 0 Å². The van der Waals surface area contributed by atoms with Crippen molar-refractivity contribution in [2.24, 2.45) is 0 Å². The van der Waals surface area contributed by atoms with Crippen LogP contribution < -0.4 is 0 Å². The van der Waals surface area contributed by atoms with E-state index < -0.39 is 0 Å². The zero-order valence-electron chi connectivity index (χ0n) is 11.4. The molecule has 0 fully saturated rings. The average Bonchev–Trinajstić information content (AvgIpc) is 2.77. The van der Waals surface area contributed by atoms with Gasteiger partial charge in [-0.15, -0.1) is 0 Å². The highest BCUT2D eigenvalue weighted by atomic mass is 32.1. The summed E-state index contributed by atoms with van der Waals surface area (Å²) in [6.45, 7) is 3.79. The molecule has 1 unspecified atom stereocenters. The number of halogens is 1. The molecule has 0 aliphatic rings. The molecule has 102 valence electrons. The maximum atomic E-state index is 13.8. The van der Waals surface area contributed by atoms with Crippen molar-refractivity contribution >= 4 is 23.3 Å². The molecule has 3 rings (SSSR count). The van der Waals surface area contributed by atoms with Gasteiger partial charge in [-0.05, 0) is 55.4 Å². The zero-order valence-corrected chi connectivity index (χ0v) is 12.2. The van der Waals surface area contributed by atoms with Gasteiger partial charge in [0.1, 0.15) is 5.82 Å². The van der Waals surface area contributed by atoms with Crippen LogP contribution in [0.1, 0.15) is 24.1 Å². The van der Waals surface area contributed by atoms with Crippen LogP contribution in [0.2, 0.25) is 0 Å². The van der Waals surface area contributed by atoms with E-state index in [1.54, 1.807) is 19.1 Å². The summed E-state index contributed by atoms with van der Waals surface area (Å²) in [5.41, 5.74) is 3.60. The number of para-hydroxylation sites is 2. The Labute approximate surface area is 121 Å². The van der Waals surface area contributed by atoms with Crippen molar-refractivity contribution in [3.05, 3.63) is 64.2 Å². The van der Waals surface area contributed by atoms with Crippen LogP contribution in [-0.4, -0.2) is 9.55 Å². The van der Waals surface area contributed by atoms with Gasteiger partial charge in [-0.25, -0.2) is 4.39 Å². The molecule has 2 nitrogen and oxygen atoms in total. The maximum Gasteiger partial charge on any atom is 0.178 e. The van der Waals surface area contributed by atoms with Crippen molar-refractivity contribution in [2.75, 3.05) is 0 Å². The fourth-order valence-electron chi connectivity index (χ4n) is 2.48. The van der Waals surface area contributed by atoms with Crippen molar-refractivity contribution in [3.63, 3.8) is 0 Å². The van der Waals surface area contributed by atoms with E-state index in [4.69, 9.17) is 12.2 Å². The molecule has 0 aliphatic heterocycles. The van der Waals surface area contributed by atoms with Crippen LogP contribution in [0.25, 0.3) is 11.0 Å². The first-order valence-corrected chi connectivity index (χ1v) is 6.94. The summed E-state index contributed by atoms with van der Waals surface area (Å²) in [6, 6.07) is 13.3. The predicted molar refractivity (Wildman–Crippen MR) is 82.1 cm³/mol. The molecule has 0 amide bonds. The van der Waals surface area contributed by atoms with Crippen molar-refractivity contribution in [1.82, 2.24) is 9.55 Å². The number of aryl methyl sites for hydroxylation is 1. The Morgan fingerprint density at radius 3 is 2.70 bits per heavy atom. The third kappa shape index (κ3) is 2.06. The van der Waals surface area contributed by atoms with E-state index in [-0.39, 0.29) is 11.9 Å². The summed E-state index contributed by atoms with van der Waals surface area (Å²) in [7, 11) is 0. The number of rotatable bonds is 2. The summed E-state index contributed by atoms with van der Waals surface area (Å²) in [6.07, 6.45) is 0. The molecular formula is C16H15FN2S. The SMILES string of the molecule is Cc1ccc(C(C)n2c(=S)[nH]c3ccccc32)cc1F. The summed E-state index contributed by atoms with van der Waals surface area (Å²) in [5.74, 6) is -0.180. The standard InChI is InChI=1S/C16H15FN2S/c1-10-7-8-12(9-13(10)17)11(2)19-15-6-4-3-5-14(15)18-16(19)20/h3-9,11H,1-2H3,(H,18,20). The van der Waals surface area contributed by atoms with Gasteiger partial charge < -0.3 is 9.55 Å². The van der Waals surface area contributed by atoms with E-state index >= 15 is 0 Å². The maximum absolute atomic E-state index is 13.8. The highest BCUT2D eigenvalue weighted by molar-refractivity contribution is 7.71. The molecule has 1 heterocycles. The van der Waals surface area contributed by atoms with Crippen LogP contribution in [0.15, 0.2) is 42.5 Å². The minimum absolute atomic E-state index is 0.0197. The molecule has 0 spiro atoms. The lowest BCUT2D eigenvalue weighted by Crippen LogP contribution is -2.07. The second-order valence-electron chi connectivity index (χ2n) is 5.00. The molecule has 0 saturated heterocycles. The van der Waals surface area contributed by atoms with E-state index in [9.17, 15) is 4.39 Å². The molecule has 3 aromatic rings. The number of aromatic amines is 1. The van der Waals surface area contributed by atoms with Crippen molar-refractivity contribution in [3.8, 4) is 0 Å². The van der Waals surface area contributed by atoms with Gasteiger partial charge in [-0.2, -0.15) is 0 Å². The van der Waals surface area contributed by atoms with Crippen LogP contribution in [0.4, 0.5) is 4.39 Å². The molecule has 1 atom stereocenters. The monoisotopic (exact) mass is 286 g/mol. The molecule has 0 bridgehead atoms. The summed E-state index contributed by atoms with van der Waals surface area (Å²) < 4.78 is 16.4. The van der Waals surface area contributed by atoms with Gasteiger partial charge >= 0.3 is 0 Å². The third-order valence-electron chi connectivity index (χ3n) is 3.69. The molecule has 20 heavy (non-hydrogen) atoms. The quantitative estimate of drug-likeness (QED) is 0.674. The normalized spacial score (nSPS) is 12.8. The lowest BCUT2D eigenvalue weighted by Gasteiger charge is -2.15. The summed E-state index contributed by atoms with van der Waals surface area (Å²) >= 11 is 5.40. The van der Waals surface area contributed by atoms with Crippen molar-refractivity contribution in [1.29, 1.82) is 0 Å². The highest BCUT2D eigenvalue weighted by Gasteiger charge is 2.13. The number of fused-ring (bicyclic) bond motifs is 1. The number of hydrogen-bond donors (Lipinski definition) is 1. The number of aromatic nitrogens is 2. The van der Waals surface area contributed by atoms with Gasteiger partial charge in [-0.3, -0.25) is 0 Å². The average molecular weight is 286 g/mol. The van der Waals surface area contributed by atoms with Crippen LogP contribution in [0.3, 0.4) is 0 Å². The summed E-state index contributed by atoms with van der Waals surface area (Å²) in [4.78, 5) is 3.19. The van der Waals surface area contributed by atoms with Gasteiger partial charge in [0.2, 0.25) is 0 Å². The third-order valence-corrected chi connectivity index (χ3v) is 3.99. The van der Waals surface area contributed by atoms with Crippen molar-refractivity contribution < 1.29 is 4.39 Å². The second kappa shape index (κ2) is 4.87. The van der Waals surface area contributed by atoms with Gasteiger partial charge in [-0.1, -0.05) is 24.3 Å². The Bertz CT molecular complexity index is 832. The predicted octanol–water partition coefficient (Wildman–Crippen LogP) is 4.76. The van der Waals surface area contributed by atoms with E-state index in [0.717, 1.165) is 16.6 Å². The molecule has 1 aromatic heterocycles. The van der Waals surface area contributed by atoms with Gasteiger partial charge in [0.25, 0.3) is 0 Å². The minimum atomic E-state index is -0.180. The van der Waals surface area contributed by atoms with Gasteiger partial charge in [0.05, 0.1) is 17.1 Å². The van der Waals surface area contributed by atoms with Crippen LogP contribution in [-0.2, 0) is 0 Å². The summed E-state index contributed by atoms with van der Waals surface area (Å²) in [5, 5.41) is 0. The minimum Gasteiger partial charge on any atom is -0.331 e. The van der Waals surface area contributed by atoms with Crippen molar-refractivity contribution in [2.45, 2.75) is 19.9 Å². The van der Waals surface area contributed by atoms with E-state index in [1.807, 2.05) is 41.8 Å². The number of nitrogens with zero attached hydrogens (tertiary/aromatic N) is 1. The smallest absolute Gasteiger partial charge is 0.178 e. The number of hydrogen-bond acceptors (Lipinski definition) is 1. The second-order valence-corrected chi connectivity index (χ2v) is 5.39. The first kappa shape index (κ1) is 13.1. The number of nitrogens with one attached hydrogen (secondary N) is 1. The van der Waals surface area contributed by atoms with Crippen LogP contribution in [0.5, 0.6) is 0 Å². The van der Waals surface area contributed by atoms with E-state index in [1.165, 1.54) is 0 Å². The molecule has 0 aliphatic carbocycles. The van der Waals surface area contributed by atoms with Crippen LogP contribution in [0, 0.1) is 17.5 Å². The molecule has 4 heteroatoms. The van der Waals surface area contributed by atoms with E-state index in [0.29, 0.717) is 10.3 Å². The number of imidazole rings is 1. The zero-order chi connectivity index (χ0) is 14.3. The number of benzene rings is 2. The lowest BCUT2D eigenvalue weighted by atomic mass is 10.1. The fraction of sp³-hybridized carbons (Fsp3) is 0.188. The first-order chi connectivity index (χ1) is 9.58. The fourth-order valence-corrected chi connectivity index (χ4v) is 2.84. The Balaban J connectivity index is 2.17. The first-order valence-electron chi connectivity index (χ1n) is 6.53. The largest absolute Gasteiger partial charge is 0.331 e. The Kier molecular flexibility index (Phi) is 3.18. The Morgan fingerprint density at radius 2 is 1.95 bits per heavy atom. The van der Waals surface area contributed by atoms with Gasteiger partial charge in [0.15, 0.2) is 4.77 Å². The van der Waals surface area contributed by atoms with E-state index in [2.05, 4.69) is 4.98 Å². The molecule has 0 saturated carbocycles.